The van der Waals surface area contributed by atoms with Crippen LogP contribution in [0.25, 0.3) is 0 Å². The van der Waals surface area contributed by atoms with Crippen LogP contribution in [0, 0.1) is 0 Å². The summed E-state index contributed by atoms with van der Waals surface area (Å²) in [5.74, 6) is -0.0151. The second kappa shape index (κ2) is 9.76. The molecule has 2 aromatic carbocycles. The lowest BCUT2D eigenvalue weighted by Gasteiger charge is -2.38. The van der Waals surface area contributed by atoms with Gasteiger partial charge in [0.2, 0.25) is 5.91 Å². The van der Waals surface area contributed by atoms with Crippen molar-refractivity contribution in [1.82, 2.24) is 5.32 Å². The van der Waals surface area contributed by atoms with Crippen LogP contribution in [0.4, 0.5) is 0 Å². The van der Waals surface area contributed by atoms with Gasteiger partial charge in [0.15, 0.2) is 6.61 Å². The molecule has 3 rings (SSSR count). The number of rotatable bonds is 8. The number of primary amides is 1. The topological polar surface area (TPSA) is 90.7 Å². The molecule has 0 saturated carbocycles. The Morgan fingerprint density at radius 3 is 2.34 bits per heavy atom. The Bertz CT molecular complexity index is 831. The van der Waals surface area contributed by atoms with Crippen molar-refractivity contribution in [2.75, 3.05) is 26.4 Å². The summed E-state index contributed by atoms with van der Waals surface area (Å²) in [7, 11) is 0. The molecular formula is C22H25ClN2O4. The smallest absolute Gasteiger partial charge is 0.257 e. The van der Waals surface area contributed by atoms with E-state index in [0.29, 0.717) is 30.5 Å². The zero-order valence-electron chi connectivity index (χ0n) is 16.2. The van der Waals surface area contributed by atoms with Crippen molar-refractivity contribution in [3.63, 3.8) is 0 Å². The number of carbonyl (C=O) groups is 2. The largest absolute Gasteiger partial charge is 0.484 e. The van der Waals surface area contributed by atoms with Crippen LogP contribution in [0.5, 0.6) is 5.75 Å². The molecule has 154 valence electrons. The van der Waals surface area contributed by atoms with Crippen molar-refractivity contribution >= 4 is 23.4 Å². The number of hydrogen-bond acceptors (Lipinski definition) is 4. The standard InChI is InChI=1S/C22H25ClN2O4/c23-18-5-3-17(4-6-18)22(9-11-28-12-10-22)15-25-21(27)14-29-19-7-1-16(2-8-19)13-20(24)26/h1-8H,9-15H2,(H2,24,26)(H,25,27). The van der Waals surface area contributed by atoms with Crippen LogP contribution in [-0.2, 0) is 26.2 Å². The number of halogens is 1. The molecule has 29 heavy (non-hydrogen) atoms. The molecular weight excluding hydrogens is 392 g/mol. The number of amides is 2. The Balaban J connectivity index is 1.55. The van der Waals surface area contributed by atoms with Crippen LogP contribution < -0.4 is 15.8 Å². The normalized spacial score (nSPS) is 15.5. The van der Waals surface area contributed by atoms with Crippen molar-refractivity contribution in [1.29, 1.82) is 0 Å². The molecule has 0 aliphatic carbocycles. The van der Waals surface area contributed by atoms with Crippen LogP contribution in [-0.4, -0.2) is 38.2 Å². The van der Waals surface area contributed by atoms with Gasteiger partial charge in [-0.25, -0.2) is 0 Å². The Kier molecular flexibility index (Phi) is 7.12. The van der Waals surface area contributed by atoms with Gasteiger partial charge in [-0.2, -0.15) is 0 Å². The highest BCUT2D eigenvalue weighted by molar-refractivity contribution is 6.30. The minimum Gasteiger partial charge on any atom is -0.484 e. The molecule has 0 spiro atoms. The molecule has 1 saturated heterocycles. The molecule has 0 atom stereocenters. The fourth-order valence-electron chi connectivity index (χ4n) is 3.51. The maximum atomic E-state index is 12.3. The molecule has 0 unspecified atom stereocenters. The van der Waals surface area contributed by atoms with Crippen LogP contribution in [0.1, 0.15) is 24.0 Å². The van der Waals surface area contributed by atoms with Gasteiger partial charge in [-0.05, 0) is 48.2 Å². The second-order valence-corrected chi connectivity index (χ2v) is 7.69. The summed E-state index contributed by atoms with van der Waals surface area (Å²) in [6, 6.07) is 14.7. The third kappa shape index (κ3) is 5.95. The van der Waals surface area contributed by atoms with Crippen molar-refractivity contribution < 1.29 is 19.1 Å². The van der Waals surface area contributed by atoms with Gasteiger partial charge in [0, 0.05) is 30.2 Å². The number of nitrogens with two attached hydrogens (primary N) is 1. The summed E-state index contributed by atoms with van der Waals surface area (Å²) in [5, 5.41) is 3.69. The third-order valence-electron chi connectivity index (χ3n) is 5.20. The van der Waals surface area contributed by atoms with Crippen molar-refractivity contribution in [2.24, 2.45) is 5.73 Å². The fourth-order valence-corrected chi connectivity index (χ4v) is 3.63. The average molecular weight is 417 g/mol. The average Bonchev–Trinajstić information content (AvgIpc) is 2.72. The molecule has 1 fully saturated rings. The van der Waals surface area contributed by atoms with E-state index in [1.807, 2.05) is 24.3 Å². The van der Waals surface area contributed by atoms with Gasteiger partial charge < -0.3 is 20.5 Å². The quantitative estimate of drug-likeness (QED) is 0.692. The molecule has 0 aromatic heterocycles. The van der Waals surface area contributed by atoms with Crippen LogP contribution in [0.15, 0.2) is 48.5 Å². The first-order chi connectivity index (χ1) is 14.0. The Labute approximate surface area is 175 Å². The maximum absolute atomic E-state index is 12.3. The van der Waals surface area contributed by atoms with Gasteiger partial charge in [0.1, 0.15) is 5.75 Å². The first-order valence-electron chi connectivity index (χ1n) is 9.57. The number of carbonyl (C=O) groups excluding carboxylic acids is 2. The summed E-state index contributed by atoms with van der Waals surface area (Å²) in [6.07, 6.45) is 1.84. The second-order valence-electron chi connectivity index (χ2n) is 7.25. The van der Waals surface area contributed by atoms with E-state index in [9.17, 15) is 9.59 Å². The monoisotopic (exact) mass is 416 g/mol. The molecule has 2 aromatic rings. The van der Waals surface area contributed by atoms with Crippen molar-refractivity contribution in [2.45, 2.75) is 24.7 Å². The number of hydrogen-bond donors (Lipinski definition) is 2. The first-order valence-corrected chi connectivity index (χ1v) is 9.95. The van der Waals surface area contributed by atoms with Crippen LogP contribution in [0.2, 0.25) is 5.02 Å². The summed E-state index contributed by atoms with van der Waals surface area (Å²) in [4.78, 5) is 23.3. The minimum absolute atomic E-state index is 0.0810. The summed E-state index contributed by atoms with van der Waals surface area (Å²) >= 11 is 6.02. The van der Waals surface area contributed by atoms with E-state index >= 15 is 0 Å². The Hall–Kier alpha value is -2.57. The number of ether oxygens (including phenoxy) is 2. The minimum atomic E-state index is -0.388. The highest BCUT2D eigenvalue weighted by atomic mass is 35.5. The highest BCUT2D eigenvalue weighted by Gasteiger charge is 2.34. The van der Waals surface area contributed by atoms with Gasteiger partial charge in [-0.15, -0.1) is 0 Å². The van der Waals surface area contributed by atoms with Crippen LogP contribution >= 0.6 is 11.6 Å². The van der Waals surface area contributed by atoms with E-state index in [-0.39, 0.29) is 30.3 Å². The first kappa shape index (κ1) is 21.1. The summed E-state index contributed by atoms with van der Waals surface area (Å²) in [6.45, 7) is 1.75. The van der Waals surface area contributed by atoms with Gasteiger partial charge >= 0.3 is 0 Å². The van der Waals surface area contributed by atoms with E-state index in [2.05, 4.69) is 5.32 Å². The summed E-state index contributed by atoms with van der Waals surface area (Å²) in [5.41, 5.74) is 6.96. The van der Waals surface area contributed by atoms with Crippen molar-refractivity contribution in [3.8, 4) is 5.75 Å². The van der Waals surface area contributed by atoms with Crippen LogP contribution in [0.3, 0.4) is 0 Å². The van der Waals surface area contributed by atoms with E-state index in [0.717, 1.165) is 24.0 Å². The van der Waals surface area contributed by atoms with E-state index in [1.165, 1.54) is 0 Å². The van der Waals surface area contributed by atoms with E-state index < -0.39 is 0 Å². The molecule has 3 N–H and O–H groups in total. The van der Waals surface area contributed by atoms with Gasteiger partial charge in [0.25, 0.3) is 5.91 Å². The Morgan fingerprint density at radius 1 is 1.07 bits per heavy atom. The van der Waals surface area contributed by atoms with Gasteiger partial charge in [-0.3, -0.25) is 9.59 Å². The zero-order chi connectivity index (χ0) is 20.7. The van der Waals surface area contributed by atoms with Gasteiger partial charge in [0.05, 0.1) is 6.42 Å². The van der Waals surface area contributed by atoms with E-state index in [4.69, 9.17) is 26.8 Å². The SMILES string of the molecule is NC(=O)Cc1ccc(OCC(=O)NCC2(c3ccc(Cl)cc3)CCOCC2)cc1. The molecule has 0 radical (unpaired) electrons. The number of benzene rings is 2. The summed E-state index contributed by atoms with van der Waals surface area (Å²) < 4.78 is 11.1. The lowest BCUT2D eigenvalue weighted by molar-refractivity contribution is -0.123. The van der Waals surface area contributed by atoms with Crippen molar-refractivity contribution in [3.05, 3.63) is 64.7 Å². The molecule has 2 amide bonds. The lowest BCUT2D eigenvalue weighted by atomic mass is 9.74. The van der Waals surface area contributed by atoms with E-state index in [1.54, 1.807) is 24.3 Å². The third-order valence-corrected chi connectivity index (χ3v) is 5.45. The number of nitrogens with one attached hydrogen (secondary N) is 1. The maximum Gasteiger partial charge on any atom is 0.257 e. The lowest BCUT2D eigenvalue weighted by Crippen LogP contribution is -2.45. The molecule has 1 heterocycles. The Morgan fingerprint density at radius 2 is 1.72 bits per heavy atom. The molecule has 6 nitrogen and oxygen atoms in total. The molecule has 1 aliphatic heterocycles. The van der Waals surface area contributed by atoms with Gasteiger partial charge in [-0.1, -0.05) is 35.9 Å². The molecule has 7 heteroatoms. The molecule has 0 bridgehead atoms. The predicted molar refractivity (Wildman–Crippen MR) is 111 cm³/mol. The predicted octanol–water partition coefficient (Wildman–Crippen LogP) is 2.61. The zero-order valence-corrected chi connectivity index (χ0v) is 16.9. The molecule has 1 aliphatic rings. The highest BCUT2D eigenvalue weighted by Crippen LogP contribution is 2.34. The fraction of sp³-hybridized carbons (Fsp3) is 0.364.